The van der Waals surface area contributed by atoms with E-state index in [-0.39, 0.29) is 17.2 Å². The molecule has 1 fully saturated rings. The van der Waals surface area contributed by atoms with Gasteiger partial charge in [-0.05, 0) is 17.5 Å². The molecule has 1 amide bonds. The SMILES string of the molecule is CCc1ccc(C2(C)CNCC2C(N)=O)cc1. The highest BCUT2D eigenvalue weighted by Crippen LogP contribution is 2.35. The minimum absolute atomic E-state index is 0.116. The number of hydrogen-bond donors (Lipinski definition) is 2. The molecule has 1 aliphatic heterocycles. The van der Waals surface area contributed by atoms with E-state index >= 15 is 0 Å². The molecule has 3 nitrogen and oxygen atoms in total. The second-order valence-electron chi connectivity index (χ2n) is 5.05. The summed E-state index contributed by atoms with van der Waals surface area (Å²) in [6, 6.07) is 8.53. The molecule has 1 heterocycles. The van der Waals surface area contributed by atoms with Crippen LogP contribution < -0.4 is 11.1 Å². The number of amides is 1. The summed E-state index contributed by atoms with van der Waals surface area (Å²) in [4.78, 5) is 11.5. The van der Waals surface area contributed by atoms with Gasteiger partial charge >= 0.3 is 0 Å². The Morgan fingerprint density at radius 2 is 2.12 bits per heavy atom. The van der Waals surface area contributed by atoms with Crippen LogP contribution in [0.15, 0.2) is 24.3 Å². The number of hydrogen-bond acceptors (Lipinski definition) is 2. The molecule has 2 atom stereocenters. The van der Waals surface area contributed by atoms with Crippen molar-refractivity contribution in [2.24, 2.45) is 11.7 Å². The zero-order valence-corrected chi connectivity index (χ0v) is 10.5. The predicted octanol–water partition coefficient (Wildman–Crippen LogP) is 1.21. The number of nitrogens with two attached hydrogens (primary N) is 1. The summed E-state index contributed by atoms with van der Waals surface area (Å²) in [6.07, 6.45) is 1.04. The first kappa shape index (κ1) is 12.1. The van der Waals surface area contributed by atoms with Gasteiger partial charge in [0.15, 0.2) is 0 Å². The molecule has 0 aliphatic carbocycles. The van der Waals surface area contributed by atoms with Crippen molar-refractivity contribution in [3.8, 4) is 0 Å². The van der Waals surface area contributed by atoms with Gasteiger partial charge in [-0.25, -0.2) is 0 Å². The Bertz CT molecular complexity index is 413. The molecule has 2 rings (SSSR count). The van der Waals surface area contributed by atoms with Gasteiger partial charge in [0.25, 0.3) is 0 Å². The average molecular weight is 232 g/mol. The Kier molecular flexibility index (Phi) is 3.20. The number of primary amides is 1. The molecule has 17 heavy (non-hydrogen) atoms. The average Bonchev–Trinajstić information content (AvgIpc) is 2.73. The van der Waals surface area contributed by atoms with E-state index in [0.29, 0.717) is 6.54 Å². The first-order valence-corrected chi connectivity index (χ1v) is 6.17. The van der Waals surface area contributed by atoms with Gasteiger partial charge in [-0.1, -0.05) is 38.1 Å². The van der Waals surface area contributed by atoms with Crippen molar-refractivity contribution in [1.29, 1.82) is 0 Å². The van der Waals surface area contributed by atoms with E-state index < -0.39 is 0 Å². The Balaban J connectivity index is 2.33. The number of nitrogens with one attached hydrogen (secondary N) is 1. The molecular weight excluding hydrogens is 212 g/mol. The molecular formula is C14H20N2O. The van der Waals surface area contributed by atoms with Gasteiger partial charge in [0.1, 0.15) is 0 Å². The zero-order valence-electron chi connectivity index (χ0n) is 10.5. The van der Waals surface area contributed by atoms with Crippen molar-refractivity contribution in [2.75, 3.05) is 13.1 Å². The second kappa shape index (κ2) is 4.49. The lowest BCUT2D eigenvalue weighted by molar-refractivity contribution is -0.122. The van der Waals surface area contributed by atoms with Crippen LogP contribution in [-0.2, 0) is 16.6 Å². The lowest BCUT2D eigenvalue weighted by Gasteiger charge is -2.29. The van der Waals surface area contributed by atoms with Crippen molar-refractivity contribution in [3.05, 3.63) is 35.4 Å². The van der Waals surface area contributed by atoms with Gasteiger partial charge in [-0.15, -0.1) is 0 Å². The highest BCUT2D eigenvalue weighted by Gasteiger charge is 2.43. The fourth-order valence-electron chi connectivity index (χ4n) is 2.66. The fraction of sp³-hybridized carbons (Fsp3) is 0.500. The fourth-order valence-corrected chi connectivity index (χ4v) is 2.66. The van der Waals surface area contributed by atoms with Crippen LogP contribution in [0.5, 0.6) is 0 Å². The number of carbonyl (C=O) groups is 1. The molecule has 0 saturated carbocycles. The van der Waals surface area contributed by atoms with E-state index in [1.165, 1.54) is 11.1 Å². The first-order valence-electron chi connectivity index (χ1n) is 6.17. The van der Waals surface area contributed by atoms with Gasteiger partial charge < -0.3 is 11.1 Å². The zero-order chi connectivity index (χ0) is 12.5. The lowest BCUT2D eigenvalue weighted by Crippen LogP contribution is -2.39. The molecule has 1 aliphatic rings. The third kappa shape index (κ3) is 2.07. The summed E-state index contributed by atoms with van der Waals surface area (Å²) >= 11 is 0. The van der Waals surface area contributed by atoms with Crippen molar-refractivity contribution in [3.63, 3.8) is 0 Å². The van der Waals surface area contributed by atoms with Crippen molar-refractivity contribution in [2.45, 2.75) is 25.7 Å². The molecule has 1 aromatic rings. The Hall–Kier alpha value is -1.35. The van der Waals surface area contributed by atoms with E-state index in [0.717, 1.165) is 13.0 Å². The third-order valence-corrected chi connectivity index (χ3v) is 3.97. The van der Waals surface area contributed by atoms with Crippen LogP contribution in [0.4, 0.5) is 0 Å². The molecule has 3 N–H and O–H groups in total. The van der Waals surface area contributed by atoms with Crippen LogP contribution in [0.25, 0.3) is 0 Å². The van der Waals surface area contributed by atoms with Crippen molar-refractivity contribution < 1.29 is 4.79 Å². The summed E-state index contributed by atoms with van der Waals surface area (Å²) in [5, 5.41) is 3.27. The smallest absolute Gasteiger partial charge is 0.222 e. The number of rotatable bonds is 3. The van der Waals surface area contributed by atoms with Crippen LogP contribution in [0, 0.1) is 5.92 Å². The van der Waals surface area contributed by atoms with Crippen LogP contribution in [-0.4, -0.2) is 19.0 Å². The van der Waals surface area contributed by atoms with E-state index in [1.807, 2.05) is 0 Å². The van der Waals surface area contributed by atoms with Gasteiger partial charge in [-0.2, -0.15) is 0 Å². The Labute approximate surface area is 102 Å². The summed E-state index contributed by atoms with van der Waals surface area (Å²) in [7, 11) is 0. The van der Waals surface area contributed by atoms with Gasteiger partial charge in [0.05, 0.1) is 5.92 Å². The first-order chi connectivity index (χ1) is 8.08. The molecule has 92 valence electrons. The highest BCUT2D eigenvalue weighted by molar-refractivity contribution is 5.79. The van der Waals surface area contributed by atoms with Crippen LogP contribution in [0.1, 0.15) is 25.0 Å². The molecule has 2 unspecified atom stereocenters. The summed E-state index contributed by atoms with van der Waals surface area (Å²) in [5.41, 5.74) is 7.84. The summed E-state index contributed by atoms with van der Waals surface area (Å²) in [5.74, 6) is -0.327. The minimum Gasteiger partial charge on any atom is -0.369 e. The Morgan fingerprint density at radius 3 is 2.65 bits per heavy atom. The molecule has 0 radical (unpaired) electrons. The van der Waals surface area contributed by atoms with Crippen LogP contribution >= 0.6 is 0 Å². The third-order valence-electron chi connectivity index (χ3n) is 3.97. The number of aryl methyl sites for hydroxylation is 1. The molecule has 1 aromatic carbocycles. The van der Waals surface area contributed by atoms with E-state index in [9.17, 15) is 4.79 Å². The van der Waals surface area contributed by atoms with Crippen molar-refractivity contribution >= 4 is 5.91 Å². The highest BCUT2D eigenvalue weighted by atomic mass is 16.1. The van der Waals surface area contributed by atoms with Gasteiger partial charge in [0.2, 0.25) is 5.91 Å². The molecule has 0 aromatic heterocycles. The largest absolute Gasteiger partial charge is 0.369 e. The minimum atomic E-state index is -0.211. The lowest BCUT2D eigenvalue weighted by atomic mass is 9.73. The van der Waals surface area contributed by atoms with Gasteiger partial charge in [-0.3, -0.25) is 4.79 Å². The maximum Gasteiger partial charge on any atom is 0.222 e. The van der Waals surface area contributed by atoms with Gasteiger partial charge in [0, 0.05) is 18.5 Å². The molecule has 3 heteroatoms. The standard InChI is InChI=1S/C14H20N2O/c1-3-10-4-6-11(7-5-10)14(2)9-16-8-12(14)13(15)17/h4-7,12,16H,3,8-9H2,1-2H3,(H2,15,17). The molecule has 0 bridgehead atoms. The van der Waals surface area contributed by atoms with Crippen LogP contribution in [0.3, 0.4) is 0 Å². The predicted molar refractivity (Wildman–Crippen MR) is 68.7 cm³/mol. The summed E-state index contributed by atoms with van der Waals surface area (Å²) in [6.45, 7) is 5.75. The normalized spacial score (nSPS) is 28.2. The van der Waals surface area contributed by atoms with Crippen molar-refractivity contribution in [1.82, 2.24) is 5.32 Å². The topological polar surface area (TPSA) is 55.1 Å². The quantitative estimate of drug-likeness (QED) is 0.823. The monoisotopic (exact) mass is 232 g/mol. The summed E-state index contributed by atoms with van der Waals surface area (Å²) < 4.78 is 0. The van der Waals surface area contributed by atoms with E-state index in [1.54, 1.807) is 0 Å². The number of benzene rings is 1. The maximum atomic E-state index is 11.5. The maximum absolute atomic E-state index is 11.5. The van der Waals surface area contributed by atoms with E-state index in [2.05, 4.69) is 43.4 Å². The Morgan fingerprint density at radius 1 is 1.47 bits per heavy atom. The van der Waals surface area contributed by atoms with Crippen LogP contribution in [0.2, 0.25) is 0 Å². The second-order valence-corrected chi connectivity index (χ2v) is 5.05. The molecule has 0 spiro atoms. The number of carbonyl (C=O) groups excluding carboxylic acids is 1. The molecule has 1 saturated heterocycles. The van der Waals surface area contributed by atoms with E-state index in [4.69, 9.17) is 5.73 Å².